The molecule has 2 saturated heterocycles. The van der Waals surface area contributed by atoms with E-state index in [4.69, 9.17) is 17.4 Å². The number of fused-ring (bicyclic) bond motifs is 3. The monoisotopic (exact) mass is 450 g/mol. The summed E-state index contributed by atoms with van der Waals surface area (Å²) < 4.78 is 1.77. The number of allylic oxidation sites excluding steroid dienone is 1. The van der Waals surface area contributed by atoms with Crippen LogP contribution in [0.4, 0.5) is 0 Å². The third-order valence-corrected chi connectivity index (χ3v) is 8.16. The zero-order valence-corrected chi connectivity index (χ0v) is 20.8. The van der Waals surface area contributed by atoms with Gasteiger partial charge in [-0.25, -0.2) is 9.66 Å². The van der Waals surface area contributed by atoms with E-state index in [9.17, 15) is 0 Å². The number of para-hydroxylation sites is 2. The van der Waals surface area contributed by atoms with E-state index in [1.165, 1.54) is 31.4 Å². The van der Waals surface area contributed by atoms with E-state index in [1.807, 2.05) is 38.1 Å². The van der Waals surface area contributed by atoms with Crippen LogP contribution < -0.4 is 11.2 Å². The van der Waals surface area contributed by atoms with Crippen molar-refractivity contribution in [3.05, 3.63) is 54.8 Å². The topological polar surface area (TPSA) is 62.3 Å². The van der Waals surface area contributed by atoms with E-state index < -0.39 is 0 Å². The molecule has 1 aromatic carbocycles. The summed E-state index contributed by atoms with van der Waals surface area (Å²) in [6.07, 6.45) is 7.54. The molecule has 0 radical (unpaired) electrons. The quantitative estimate of drug-likeness (QED) is 0.639. The van der Waals surface area contributed by atoms with Crippen LogP contribution in [0.3, 0.4) is 0 Å². The number of nitrogen functional groups attached to an aromatic ring is 1. The van der Waals surface area contributed by atoms with E-state index in [2.05, 4.69) is 28.6 Å². The van der Waals surface area contributed by atoms with Gasteiger partial charge >= 0.3 is 0 Å². The standard InChI is InChI=1S/C25H36N6.C2H6/c1-4-27-19(3)29-15-13-25(14-16-29)18(2)30(22-11-7-5-9-20(22)25)17-24-28-21-10-6-8-12-23(21)31(24)26;1-2/h6,8,10,12,20,22,27H,2-5,7,9,11,13-17,26H2,1H3;1-2H3. The number of benzene rings is 1. The van der Waals surface area contributed by atoms with Crippen LogP contribution in [-0.4, -0.2) is 45.1 Å². The third kappa shape index (κ3) is 3.98. The van der Waals surface area contributed by atoms with Crippen LogP contribution in [0.1, 0.15) is 65.1 Å². The summed E-state index contributed by atoms with van der Waals surface area (Å²) >= 11 is 0. The minimum Gasteiger partial charge on any atom is -0.373 e. The van der Waals surface area contributed by atoms with E-state index in [-0.39, 0.29) is 5.41 Å². The first-order valence-corrected chi connectivity index (χ1v) is 12.9. The molecule has 6 heteroatoms. The van der Waals surface area contributed by atoms with Crippen LogP contribution in [0.15, 0.2) is 48.9 Å². The molecule has 6 nitrogen and oxygen atoms in total. The maximum atomic E-state index is 6.46. The van der Waals surface area contributed by atoms with E-state index in [0.29, 0.717) is 12.0 Å². The molecule has 1 aliphatic carbocycles. The van der Waals surface area contributed by atoms with Crippen molar-refractivity contribution < 1.29 is 0 Å². The van der Waals surface area contributed by atoms with Crippen LogP contribution >= 0.6 is 0 Å². The van der Waals surface area contributed by atoms with Crippen molar-refractivity contribution in [2.24, 2.45) is 11.3 Å². The Kier molecular flexibility index (Phi) is 6.91. The van der Waals surface area contributed by atoms with Gasteiger partial charge < -0.3 is 21.0 Å². The molecule has 5 rings (SSSR count). The van der Waals surface area contributed by atoms with Crippen molar-refractivity contribution in [2.45, 2.75) is 71.9 Å². The number of nitrogens with one attached hydrogen (secondary N) is 1. The van der Waals surface area contributed by atoms with Crippen LogP contribution in [0.5, 0.6) is 0 Å². The summed E-state index contributed by atoms with van der Waals surface area (Å²) in [6.45, 7) is 18.9. The predicted octanol–water partition coefficient (Wildman–Crippen LogP) is 4.83. The first-order valence-electron chi connectivity index (χ1n) is 12.9. The van der Waals surface area contributed by atoms with Crippen LogP contribution in [-0.2, 0) is 6.54 Å². The average Bonchev–Trinajstić information content (AvgIpc) is 3.29. The van der Waals surface area contributed by atoms with Gasteiger partial charge in [0.15, 0.2) is 0 Å². The molecule has 180 valence electrons. The fourth-order valence-corrected chi connectivity index (χ4v) is 6.55. The van der Waals surface area contributed by atoms with E-state index in [1.54, 1.807) is 4.68 Å². The summed E-state index contributed by atoms with van der Waals surface area (Å²) in [5, 5.41) is 3.40. The minimum atomic E-state index is 0.208. The van der Waals surface area contributed by atoms with Crippen molar-refractivity contribution in [1.29, 1.82) is 0 Å². The number of aromatic nitrogens is 2. The highest BCUT2D eigenvalue weighted by Crippen LogP contribution is 2.58. The summed E-state index contributed by atoms with van der Waals surface area (Å²) in [5.41, 5.74) is 3.49. The molecular formula is C27H42N6. The summed E-state index contributed by atoms with van der Waals surface area (Å²) in [7, 11) is 0. The lowest BCUT2D eigenvalue weighted by Crippen LogP contribution is -2.45. The number of nitrogens with zero attached hydrogens (tertiary/aromatic N) is 4. The van der Waals surface area contributed by atoms with Gasteiger partial charge in [-0.3, -0.25) is 0 Å². The Hall–Kier alpha value is -2.63. The molecule has 1 saturated carbocycles. The van der Waals surface area contributed by atoms with Gasteiger partial charge in [-0.15, -0.1) is 0 Å². The number of piperidine rings is 1. The molecule has 2 atom stereocenters. The summed E-state index contributed by atoms with van der Waals surface area (Å²) in [4.78, 5) is 9.86. The molecule has 0 bridgehead atoms. The lowest BCUT2D eigenvalue weighted by atomic mass is 9.64. The number of likely N-dealkylation sites (tertiary alicyclic amines) is 2. The SMILES string of the molecule is C=C(NCC)N1CCC2(CC1)C(=C)N(Cc1nc3ccccc3n1N)C1CCCCC12.CC. The van der Waals surface area contributed by atoms with Gasteiger partial charge in [0.05, 0.1) is 23.4 Å². The van der Waals surface area contributed by atoms with Crippen molar-refractivity contribution in [3.63, 3.8) is 0 Å². The van der Waals surface area contributed by atoms with E-state index in [0.717, 1.165) is 61.7 Å². The maximum absolute atomic E-state index is 6.46. The Labute approximate surface area is 199 Å². The fourth-order valence-electron chi connectivity index (χ4n) is 6.55. The Morgan fingerprint density at radius 2 is 1.88 bits per heavy atom. The third-order valence-electron chi connectivity index (χ3n) is 8.16. The van der Waals surface area contributed by atoms with Crippen LogP contribution in [0.2, 0.25) is 0 Å². The molecule has 1 aromatic heterocycles. The second kappa shape index (κ2) is 9.70. The van der Waals surface area contributed by atoms with Gasteiger partial charge in [0, 0.05) is 36.8 Å². The Bertz CT molecular complexity index is 984. The second-order valence-electron chi connectivity index (χ2n) is 9.54. The average molecular weight is 451 g/mol. The lowest BCUT2D eigenvalue weighted by Gasteiger charge is -2.45. The maximum Gasteiger partial charge on any atom is 0.147 e. The van der Waals surface area contributed by atoms with Gasteiger partial charge in [0.2, 0.25) is 0 Å². The lowest BCUT2D eigenvalue weighted by molar-refractivity contribution is 0.0856. The van der Waals surface area contributed by atoms with Crippen molar-refractivity contribution in [2.75, 3.05) is 25.5 Å². The zero-order chi connectivity index (χ0) is 23.6. The largest absolute Gasteiger partial charge is 0.373 e. The molecule has 3 fully saturated rings. The van der Waals surface area contributed by atoms with Crippen molar-refractivity contribution in [1.82, 2.24) is 24.8 Å². The highest BCUT2D eigenvalue weighted by molar-refractivity contribution is 5.75. The molecule has 2 aromatic rings. The molecular weight excluding hydrogens is 408 g/mol. The molecule has 2 aliphatic heterocycles. The molecule has 3 N–H and O–H groups in total. The smallest absolute Gasteiger partial charge is 0.147 e. The molecule has 33 heavy (non-hydrogen) atoms. The van der Waals surface area contributed by atoms with E-state index >= 15 is 0 Å². The highest BCUT2D eigenvalue weighted by atomic mass is 15.4. The summed E-state index contributed by atoms with van der Waals surface area (Å²) in [5.74, 6) is 9.15. The Morgan fingerprint density at radius 1 is 1.18 bits per heavy atom. The number of hydrogen-bond donors (Lipinski definition) is 2. The van der Waals surface area contributed by atoms with Gasteiger partial charge in [-0.2, -0.15) is 0 Å². The van der Waals surface area contributed by atoms with Crippen LogP contribution in [0, 0.1) is 11.3 Å². The second-order valence-corrected chi connectivity index (χ2v) is 9.54. The predicted molar refractivity (Wildman–Crippen MR) is 138 cm³/mol. The number of nitrogens with two attached hydrogens (primary N) is 1. The molecule has 3 aliphatic rings. The van der Waals surface area contributed by atoms with Gasteiger partial charge in [0.25, 0.3) is 0 Å². The Morgan fingerprint density at radius 3 is 2.58 bits per heavy atom. The van der Waals surface area contributed by atoms with Gasteiger partial charge in [-0.05, 0) is 50.7 Å². The Balaban J connectivity index is 0.00000126. The first-order chi connectivity index (χ1) is 16.0. The summed E-state index contributed by atoms with van der Waals surface area (Å²) in [6, 6.07) is 8.69. The highest BCUT2D eigenvalue weighted by Gasteiger charge is 2.56. The number of imidazole rings is 1. The van der Waals surface area contributed by atoms with Crippen molar-refractivity contribution >= 4 is 11.0 Å². The molecule has 0 amide bonds. The van der Waals surface area contributed by atoms with Crippen LogP contribution in [0.25, 0.3) is 11.0 Å². The minimum absolute atomic E-state index is 0.208. The molecule has 2 unspecified atom stereocenters. The molecule has 1 spiro atoms. The number of rotatable bonds is 5. The molecule has 3 heterocycles. The normalized spacial score (nSPS) is 23.9. The van der Waals surface area contributed by atoms with Gasteiger partial charge in [0.1, 0.15) is 5.82 Å². The van der Waals surface area contributed by atoms with Crippen molar-refractivity contribution in [3.8, 4) is 0 Å². The van der Waals surface area contributed by atoms with Gasteiger partial charge in [-0.1, -0.05) is 52.0 Å². The first kappa shape index (κ1) is 23.5. The fraction of sp³-hybridized carbons (Fsp3) is 0.593. The number of hydrogen-bond acceptors (Lipinski definition) is 5. The zero-order valence-electron chi connectivity index (χ0n) is 20.8.